The molecule has 1 aliphatic heterocycles. The second-order valence-corrected chi connectivity index (χ2v) is 4.46. The van der Waals surface area contributed by atoms with Crippen LogP contribution < -0.4 is 5.32 Å². The van der Waals surface area contributed by atoms with E-state index in [0.717, 1.165) is 19.4 Å². The lowest BCUT2D eigenvalue weighted by atomic mass is 9.91. The largest absolute Gasteiger partial charge is 0.350 e. The first kappa shape index (κ1) is 12.6. The van der Waals surface area contributed by atoms with Gasteiger partial charge in [0.2, 0.25) is 12.3 Å². The van der Waals surface area contributed by atoms with Gasteiger partial charge >= 0.3 is 0 Å². The Balaban J connectivity index is 2.20. The van der Waals surface area contributed by atoms with Gasteiger partial charge in [-0.2, -0.15) is 0 Å². The molecule has 4 nitrogen and oxygen atoms in total. The van der Waals surface area contributed by atoms with E-state index in [4.69, 9.17) is 0 Å². The highest BCUT2D eigenvalue weighted by molar-refractivity contribution is 5.80. The Morgan fingerprint density at radius 1 is 1.50 bits per heavy atom. The summed E-state index contributed by atoms with van der Waals surface area (Å²) in [4.78, 5) is 24.2. The van der Waals surface area contributed by atoms with Crippen LogP contribution in [0.15, 0.2) is 24.3 Å². The summed E-state index contributed by atoms with van der Waals surface area (Å²) in [6.07, 6.45) is 2.35. The average Bonchev–Trinajstić information content (AvgIpc) is 2.43. The Morgan fingerprint density at radius 2 is 2.28 bits per heavy atom. The van der Waals surface area contributed by atoms with Gasteiger partial charge in [-0.05, 0) is 24.0 Å². The van der Waals surface area contributed by atoms with Gasteiger partial charge in [-0.1, -0.05) is 31.2 Å². The van der Waals surface area contributed by atoms with Crippen molar-refractivity contribution in [2.45, 2.75) is 25.8 Å². The number of nitrogens with one attached hydrogen (secondary N) is 1. The smallest absolute Gasteiger partial charge is 0.242 e. The Kier molecular flexibility index (Phi) is 3.97. The fourth-order valence-electron chi connectivity index (χ4n) is 2.62. The number of amides is 2. The summed E-state index contributed by atoms with van der Waals surface area (Å²) in [5.41, 5.74) is 2.57. The molecule has 1 aromatic carbocycles. The van der Waals surface area contributed by atoms with Crippen molar-refractivity contribution in [2.24, 2.45) is 0 Å². The molecule has 0 radical (unpaired) electrons. The van der Waals surface area contributed by atoms with Crippen molar-refractivity contribution in [3.8, 4) is 0 Å². The normalized spacial score (nSPS) is 18.1. The van der Waals surface area contributed by atoms with E-state index in [0.29, 0.717) is 6.41 Å². The molecule has 0 saturated heterocycles. The van der Waals surface area contributed by atoms with Gasteiger partial charge in [0, 0.05) is 6.54 Å². The molecular formula is C14H18N2O2. The summed E-state index contributed by atoms with van der Waals surface area (Å²) in [5.74, 6) is -0.0107. The molecule has 0 spiro atoms. The monoisotopic (exact) mass is 246 g/mol. The highest BCUT2D eigenvalue weighted by Crippen LogP contribution is 2.31. The molecule has 18 heavy (non-hydrogen) atoms. The van der Waals surface area contributed by atoms with Crippen molar-refractivity contribution in [3.63, 3.8) is 0 Å². The first-order valence-electron chi connectivity index (χ1n) is 6.32. The van der Waals surface area contributed by atoms with E-state index in [1.54, 1.807) is 0 Å². The zero-order chi connectivity index (χ0) is 13.0. The molecule has 1 N–H and O–H groups in total. The van der Waals surface area contributed by atoms with Gasteiger partial charge in [0.25, 0.3) is 0 Å². The molecular weight excluding hydrogens is 228 g/mol. The molecule has 2 rings (SSSR count). The minimum Gasteiger partial charge on any atom is -0.350 e. The number of nitrogens with zero attached hydrogens (tertiary/aromatic N) is 1. The van der Waals surface area contributed by atoms with Crippen LogP contribution in [-0.2, 0) is 16.0 Å². The minimum atomic E-state index is -0.0107. The number of benzene rings is 1. The number of fused-ring (bicyclic) bond motifs is 1. The van der Waals surface area contributed by atoms with Crippen LogP contribution in [0.1, 0.15) is 30.5 Å². The van der Waals surface area contributed by atoms with E-state index in [1.807, 2.05) is 17.0 Å². The van der Waals surface area contributed by atoms with E-state index in [-0.39, 0.29) is 18.5 Å². The molecule has 0 fully saturated rings. The number of carbonyl (C=O) groups is 2. The predicted molar refractivity (Wildman–Crippen MR) is 69.0 cm³/mol. The maximum atomic E-state index is 12.0. The van der Waals surface area contributed by atoms with Gasteiger partial charge in [-0.25, -0.2) is 0 Å². The van der Waals surface area contributed by atoms with Crippen molar-refractivity contribution >= 4 is 12.3 Å². The lowest BCUT2D eigenvalue weighted by molar-refractivity contribution is -0.134. The maximum Gasteiger partial charge on any atom is 0.242 e. The molecule has 0 aliphatic carbocycles. The third-order valence-corrected chi connectivity index (χ3v) is 3.46. The van der Waals surface area contributed by atoms with Crippen molar-refractivity contribution in [3.05, 3.63) is 35.4 Å². The van der Waals surface area contributed by atoms with Crippen LogP contribution in [0.5, 0.6) is 0 Å². The Morgan fingerprint density at radius 3 is 3.00 bits per heavy atom. The first-order chi connectivity index (χ1) is 8.77. The fourth-order valence-corrected chi connectivity index (χ4v) is 2.62. The molecule has 1 unspecified atom stereocenters. The van der Waals surface area contributed by atoms with Crippen LogP contribution in [0.4, 0.5) is 0 Å². The van der Waals surface area contributed by atoms with E-state index in [1.165, 1.54) is 11.1 Å². The standard InChI is InChI=1S/C14H18N2O2/c1-2-13-12-6-4-3-5-11(12)7-8-16(13)14(18)9-15-10-17/h3-6,10,13H,2,7-9H2,1H3,(H,15,17). The number of rotatable bonds is 4. The fraction of sp³-hybridized carbons (Fsp3) is 0.429. The lowest BCUT2D eigenvalue weighted by Crippen LogP contribution is -2.43. The van der Waals surface area contributed by atoms with Gasteiger partial charge < -0.3 is 10.2 Å². The Hall–Kier alpha value is -1.84. The van der Waals surface area contributed by atoms with Crippen LogP contribution in [0, 0.1) is 0 Å². The average molecular weight is 246 g/mol. The summed E-state index contributed by atoms with van der Waals surface area (Å²) < 4.78 is 0. The summed E-state index contributed by atoms with van der Waals surface area (Å²) in [6, 6.07) is 8.41. The van der Waals surface area contributed by atoms with Crippen molar-refractivity contribution < 1.29 is 9.59 Å². The summed E-state index contributed by atoms with van der Waals surface area (Å²) in [5, 5.41) is 2.44. The highest BCUT2D eigenvalue weighted by atomic mass is 16.2. The minimum absolute atomic E-state index is 0.0107. The Labute approximate surface area is 107 Å². The Bertz CT molecular complexity index is 445. The molecule has 0 bridgehead atoms. The van der Waals surface area contributed by atoms with E-state index < -0.39 is 0 Å². The SMILES string of the molecule is CCC1c2ccccc2CCN1C(=O)CNC=O. The lowest BCUT2D eigenvalue weighted by Gasteiger charge is -2.37. The number of hydrogen-bond donors (Lipinski definition) is 1. The zero-order valence-electron chi connectivity index (χ0n) is 10.6. The molecule has 2 amide bonds. The maximum absolute atomic E-state index is 12.0. The first-order valence-corrected chi connectivity index (χ1v) is 6.32. The molecule has 96 valence electrons. The third-order valence-electron chi connectivity index (χ3n) is 3.46. The summed E-state index contributed by atoms with van der Waals surface area (Å²) >= 11 is 0. The van der Waals surface area contributed by atoms with Gasteiger partial charge in [0.15, 0.2) is 0 Å². The van der Waals surface area contributed by atoms with Crippen LogP contribution in [-0.4, -0.2) is 30.3 Å². The van der Waals surface area contributed by atoms with Crippen LogP contribution >= 0.6 is 0 Å². The molecule has 1 heterocycles. The van der Waals surface area contributed by atoms with E-state index in [2.05, 4.69) is 24.4 Å². The van der Waals surface area contributed by atoms with Crippen molar-refractivity contribution in [2.75, 3.05) is 13.1 Å². The molecule has 0 saturated carbocycles. The summed E-state index contributed by atoms with van der Waals surface area (Å²) in [6.45, 7) is 2.90. The van der Waals surface area contributed by atoms with E-state index in [9.17, 15) is 9.59 Å². The van der Waals surface area contributed by atoms with Crippen LogP contribution in [0.2, 0.25) is 0 Å². The van der Waals surface area contributed by atoms with Gasteiger partial charge in [-0.15, -0.1) is 0 Å². The van der Waals surface area contributed by atoms with Crippen molar-refractivity contribution in [1.29, 1.82) is 0 Å². The van der Waals surface area contributed by atoms with Crippen LogP contribution in [0.3, 0.4) is 0 Å². The highest BCUT2D eigenvalue weighted by Gasteiger charge is 2.28. The van der Waals surface area contributed by atoms with Gasteiger partial charge in [0.05, 0.1) is 12.6 Å². The van der Waals surface area contributed by atoms with Gasteiger partial charge in [-0.3, -0.25) is 9.59 Å². The molecule has 1 aromatic rings. The zero-order valence-corrected chi connectivity index (χ0v) is 10.6. The van der Waals surface area contributed by atoms with Crippen LogP contribution in [0.25, 0.3) is 0 Å². The van der Waals surface area contributed by atoms with Gasteiger partial charge in [0.1, 0.15) is 0 Å². The molecule has 1 atom stereocenters. The second-order valence-electron chi connectivity index (χ2n) is 4.46. The molecule has 4 heteroatoms. The number of carbonyl (C=O) groups excluding carboxylic acids is 2. The quantitative estimate of drug-likeness (QED) is 0.813. The molecule has 1 aliphatic rings. The second kappa shape index (κ2) is 5.67. The predicted octanol–water partition coefficient (Wildman–Crippen LogP) is 1.27. The topological polar surface area (TPSA) is 49.4 Å². The summed E-state index contributed by atoms with van der Waals surface area (Å²) in [7, 11) is 0. The van der Waals surface area contributed by atoms with Crippen molar-refractivity contribution in [1.82, 2.24) is 10.2 Å². The molecule has 0 aromatic heterocycles. The third kappa shape index (κ3) is 2.37. The number of hydrogen-bond acceptors (Lipinski definition) is 2. The van der Waals surface area contributed by atoms with E-state index >= 15 is 0 Å².